The molecular weight excluding hydrogens is 166 g/mol. The monoisotopic (exact) mass is 185 g/mol. The zero-order chi connectivity index (χ0) is 10.1. The van der Waals surface area contributed by atoms with Gasteiger partial charge in [-0.25, -0.2) is 0 Å². The Morgan fingerprint density at radius 1 is 1.54 bits per heavy atom. The summed E-state index contributed by atoms with van der Waals surface area (Å²) in [4.78, 5) is 11.4. The molecule has 1 atom stereocenters. The van der Waals surface area contributed by atoms with Crippen LogP contribution >= 0.6 is 0 Å². The van der Waals surface area contributed by atoms with Crippen LogP contribution in [0.2, 0.25) is 0 Å². The number of hydrogen-bond donors (Lipinski definition) is 1. The second kappa shape index (κ2) is 3.66. The molecule has 0 unspecified atom stereocenters. The molecule has 0 spiro atoms. The molecule has 0 aromatic heterocycles. The molecule has 3 heteroatoms. The van der Waals surface area contributed by atoms with Crippen molar-refractivity contribution in [3.8, 4) is 0 Å². The van der Waals surface area contributed by atoms with Crippen LogP contribution in [0.3, 0.4) is 0 Å². The first kappa shape index (κ1) is 10.5. The summed E-state index contributed by atoms with van der Waals surface area (Å²) in [6, 6.07) is -0.424. The molecule has 0 aromatic rings. The van der Waals surface area contributed by atoms with Crippen molar-refractivity contribution in [2.24, 2.45) is 11.7 Å². The minimum atomic E-state index is -0.424. The zero-order valence-corrected chi connectivity index (χ0v) is 8.67. The van der Waals surface area contributed by atoms with Crippen molar-refractivity contribution in [2.45, 2.75) is 51.7 Å². The smallest absolute Gasteiger partial charge is 0.323 e. The van der Waals surface area contributed by atoms with Crippen molar-refractivity contribution in [1.29, 1.82) is 0 Å². The van der Waals surface area contributed by atoms with Crippen LogP contribution in [0.25, 0.3) is 0 Å². The normalized spacial score (nSPS) is 19.7. The van der Waals surface area contributed by atoms with E-state index in [1.165, 1.54) is 12.8 Å². The Hall–Kier alpha value is -0.570. The third-order valence-corrected chi connectivity index (χ3v) is 1.99. The van der Waals surface area contributed by atoms with Crippen LogP contribution in [-0.4, -0.2) is 17.6 Å². The molecule has 1 aliphatic carbocycles. The molecule has 1 fully saturated rings. The second-order valence-electron chi connectivity index (χ2n) is 4.82. The van der Waals surface area contributed by atoms with E-state index in [2.05, 4.69) is 0 Å². The van der Waals surface area contributed by atoms with Gasteiger partial charge in [0, 0.05) is 0 Å². The van der Waals surface area contributed by atoms with E-state index in [1.807, 2.05) is 20.8 Å². The Morgan fingerprint density at radius 2 is 2.08 bits per heavy atom. The number of ether oxygens (including phenoxy) is 1. The Bertz CT molecular complexity index is 192. The lowest BCUT2D eigenvalue weighted by molar-refractivity contribution is -0.156. The number of carbonyl (C=O) groups excluding carboxylic acids is 1. The molecule has 76 valence electrons. The summed E-state index contributed by atoms with van der Waals surface area (Å²) in [7, 11) is 0. The molecule has 13 heavy (non-hydrogen) atoms. The highest BCUT2D eigenvalue weighted by Crippen LogP contribution is 2.33. The molecule has 0 aromatic carbocycles. The maximum absolute atomic E-state index is 11.4. The number of rotatable bonds is 3. The summed E-state index contributed by atoms with van der Waals surface area (Å²) < 4.78 is 5.16. The van der Waals surface area contributed by atoms with Gasteiger partial charge in [-0.05, 0) is 33.1 Å². The molecule has 0 amide bonds. The minimum Gasteiger partial charge on any atom is -0.459 e. The van der Waals surface area contributed by atoms with Gasteiger partial charge in [0.2, 0.25) is 0 Å². The molecule has 0 saturated heterocycles. The molecule has 0 bridgehead atoms. The first-order chi connectivity index (χ1) is 5.88. The van der Waals surface area contributed by atoms with Crippen molar-refractivity contribution in [3.63, 3.8) is 0 Å². The summed E-state index contributed by atoms with van der Waals surface area (Å²) in [5.41, 5.74) is 5.27. The van der Waals surface area contributed by atoms with Crippen molar-refractivity contribution in [2.75, 3.05) is 0 Å². The van der Waals surface area contributed by atoms with Gasteiger partial charge in [-0.1, -0.05) is 12.8 Å². The molecule has 3 nitrogen and oxygen atoms in total. The fraction of sp³-hybridized carbons (Fsp3) is 0.900. The summed E-state index contributed by atoms with van der Waals surface area (Å²) >= 11 is 0. The third kappa shape index (κ3) is 4.27. The van der Waals surface area contributed by atoms with E-state index >= 15 is 0 Å². The first-order valence-corrected chi connectivity index (χ1v) is 4.87. The number of nitrogens with two attached hydrogens (primary N) is 1. The van der Waals surface area contributed by atoms with Crippen molar-refractivity contribution in [3.05, 3.63) is 0 Å². The lowest BCUT2D eigenvalue weighted by atomic mass is 10.1. The van der Waals surface area contributed by atoms with Crippen molar-refractivity contribution >= 4 is 5.97 Å². The summed E-state index contributed by atoms with van der Waals surface area (Å²) in [6.45, 7) is 5.57. The Balaban J connectivity index is 2.28. The van der Waals surface area contributed by atoms with E-state index < -0.39 is 11.6 Å². The number of carbonyl (C=O) groups is 1. The van der Waals surface area contributed by atoms with Crippen LogP contribution in [0.4, 0.5) is 0 Å². The van der Waals surface area contributed by atoms with Crippen molar-refractivity contribution in [1.82, 2.24) is 0 Å². The highest BCUT2D eigenvalue weighted by atomic mass is 16.6. The van der Waals surface area contributed by atoms with Crippen molar-refractivity contribution < 1.29 is 9.53 Å². The average molecular weight is 185 g/mol. The maximum Gasteiger partial charge on any atom is 0.323 e. The number of esters is 1. The molecular formula is C10H19NO2. The van der Waals surface area contributed by atoms with Gasteiger partial charge < -0.3 is 10.5 Å². The molecule has 0 heterocycles. The van der Waals surface area contributed by atoms with Crippen LogP contribution in [-0.2, 0) is 9.53 Å². The van der Waals surface area contributed by atoms with Crippen LogP contribution < -0.4 is 5.73 Å². The Kier molecular flexibility index (Phi) is 2.96. The standard InChI is InChI=1S/C10H19NO2/c1-10(2,3)13-9(12)8(11)6-7-4-5-7/h7-8H,4-6,11H2,1-3H3/t8-/m1/s1. The lowest BCUT2D eigenvalue weighted by Gasteiger charge is -2.22. The van der Waals surface area contributed by atoms with Gasteiger partial charge in [0.05, 0.1) is 0 Å². The average Bonchev–Trinajstić information content (AvgIpc) is 2.67. The predicted octanol–water partition coefficient (Wildman–Crippen LogP) is 1.46. The molecule has 0 aliphatic heterocycles. The topological polar surface area (TPSA) is 52.3 Å². The van der Waals surface area contributed by atoms with E-state index in [-0.39, 0.29) is 5.97 Å². The van der Waals surface area contributed by atoms with E-state index in [9.17, 15) is 4.79 Å². The fourth-order valence-electron chi connectivity index (χ4n) is 1.19. The zero-order valence-electron chi connectivity index (χ0n) is 8.67. The summed E-state index contributed by atoms with van der Waals surface area (Å²) in [6.07, 6.45) is 3.22. The van der Waals surface area contributed by atoms with Crippen LogP contribution in [0, 0.1) is 5.92 Å². The minimum absolute atomic E-state index is 0.264. The molecule has 2 N–H and O–H groups in total. The molecule has 1 saturated carbocycles. The fourth-order valence-corrected chi connectivity index (χ4v) is 1.19. The third-order valence-electron chi connectivity index (χ3n) is 1.99. The van der Waals surface area contributed by atoms with Crippen LogP contribution in [0.15, 0.2) is 0 Å². The lowest BCUT2D eigenvalue weighted by Crippen LogP contribution is -2.37. The molecule has 1 rings (SSSR count). The highest BCUT2D eigenvalue weighted by molar-refractivity contribution is 5.75. The van der Waals surface area contributed by atoms with Crippen LogP contribution in [0.5, 0.6) is 0 Å². The SMILES string of the molecule is CC(C)(C)OC(=O)[C@H](N)CC1CC1. The van der Waals surface area contributed by atoms with Gasteiger partial charge in [0.1, 0.15) is 11.6 Å². The maximum atomic E-state index is 11.4. The first-order valence-electron chi connectivity index (χ1n) is 4.87. The summed E-state index contributed by atoms with van der Waals surface area (Å²) in [5, 5.41) is 0. The predicted molar refractivity (Wildman–Crippen MR) is 51.2 cm³/mol. The Morgan fingerprint density at radius 3 is 2.46 bits per heavy atom. The highest BCUT2D eigenvalue weighted by Gasteiger charge is 2.29. The van der Waals surface area contributed by atoms with Gasteiger partial charge in [0.15, 0.2) is 0 Å². The van der Waals surface area contributed by atoms with E-state index in [4.69, 9.17) is 10.5 Å². The van der Waals surface area contributed by atoms with Gasteiger partial charge in [-0.15, -0.1) is 0 Å². The van der Waals surface area contributed by atoms with Gasteiger partial charge in [-0.3, -0.25) is 4.79 Å². The largest absolute Gasteiger partial charge is 0.459 e. The van der Waals surface area contributed by atoms with E-state index in [0.717, 1.165) is 6.42 Å². The second-order valence-corrected chi connectivity index (χ2v) is 4.82. The summed E-state index contributed by atoms with van der Waals surface area (Å²) in [5.74, 6) is 0.405. The molecule has 0 radical (unpaired) electrons. The quantitative estimate of drug-likeness (QED) is 0.677. The molecule has 1 aliphatic rings. The van der Waals surface area contributed by atoms with Gasteiger partial charge in [-0.2, -0.15) is 0 Å². The van der Waals surface area contributed by atoms with E-state index in [1.54, 1.807) is 0 Å². The van der Waals surface area contributed by atoms with Crippen LogP contribution in [0.1, 0.15) is 40.0 Å². The Labute approximate surface area is 79.6 Å². The van der Waals surface area contributed by atoms with Gasteiger partial charge >= 0.3 is 5.97 Å². The van der Waals surface area contributed by atoms with Gasteiger partial charge in [0.25, 0.3) is 0 Å². The number of hydrogen-bond acceptors (Lipinski definition) is 3. The van der Waals surface area contributed by atoms with E-state index in [0.29, 0.717) is 5.92 Å².